The van der Waals surface area contributed by atoms with Crippen LogP contribution in [0.4, 0.5) is 0 Å². The van der Waals surface area contributed by atoms with E-state index in [1.165, 1.54) is 6.07 Å². The lowest BCUT2D eigenvalue weighted by atomic mass is 9.89. The summed E-state index contributed by atoms with van der Waals surface area (Å²) in [6.45, 7) is 2.22. The summed E-state index contributed by atoms with van der Waals surface area (Å²) in [6, 6.07) is 17.3. The van der Waals surface area contributed by atoms with E-state index in [1.54, 1.807) is 36.2 Å². The van der Waals surface area contributed by atoms with Crippen LogP contribution in [0.3, 0.4) is 0 Å². The minimum Gasteiger partial charge on any atom is -0.481 e. The maximum atomic E-state index is 13.3. The molecule has 0 saturated carbocycles. The predicted octanol–water partition coefficient (Wildman–Crippen LogP) is 3.98. The normalized spacial score (nSPS) is 16.3. The number of hydrogen-bond donors (Lipinski definition) is 3. The molecule has 0 radical (unpaired) electrons. The Labute approximate surface area is 197 Å². The van der Waals surface area contributed by atoms with Crippen LogP contribution in [-0.2, 0) is 11.2 Å². The molecule has 2 heterocycles. The van der Waals surface area contributed by atoms with Gasteiger partial charge in [0.05, 0.1) is 5.92 Å². The van der Waals surface area contributed by atoms with E-state index in [0.29, 0.717) is 30.7 Å². The number of aromatic amines is 1. The van der Waals surface area contributed by atoms with Crippen LogP contribution in [0.15, 0.2) is 71.7 Å². The maximum Gasteiger partial charge on any atom is 0.308 e. The van der Waals surface area contributed by atoms with Gasteiger partial charge in [0.25, 0.3) is 5.91 Å². The van der Waals surface area contributed by atoms with Gasteiger partial charge in [0.15, 0.2) is 0 Å². The van der Waals surface area contributed by atoms with Crippen LogP contribution in [0.5, 0.6) is 0 Å². The number of aliphatic carboxylic acids is 1. The van der Waals surface area contributed by atoms with Crippen molar-refractivity contribution in [2.75, 3.05) is 6.54 Å². The van der Waals surface area contributed by atoms with E-state index in [4.69, 9.17) is 5.41 Å². The summed E-state index contributed by atoms with van der Waals surface area (Å²) in [5.74, 6) is -1.82. The Morgan fingerprint density at radius 1 is 1.09 bits per heavy atom. The fourth-order valence-corrected chi connectivity index (χ4v) is 4.60. The highest BCUT2D eigenvalue weighted by Gasteiger charge is 2.38. The highest BCUT2D eigenvalue weighted by atomic mass is 16.4. The van der Waals surface area contributed by atoms with Gasteiger partial charge in [-0.05, 0) is 72.7 Å². The number of nitrogens with zero attached hydrogens (tertiary/aromatic N) is 1. The molecule has 1 aromatic heterocycles. The average molecular weight is 458 g/mol. The Bertz CT molecular complexity index is 1260. The summed E-state index contributed by atoms with van der Waals surface area (Å²) in [5, 5.41) is 17.9. The topological polar surface area (TPSA) is 114 Å². The van der Waals surface area contributed by atoms with Crippen LogP contribution in [0.1, 0.15) is 41.3 Å². The third-order valence-corrected chi connectivity index (χ3v) is 6.41. The zero-order chi connectivity index (χ0) is 24.2. The first-order chi connectivity index (χ1) is 16.3. The standard InChI is InChI=1S/C27H27N3O4/c1-17(28)21-5-2-4-18(14-21)15-23(27(33)34)24-6-3-13-30(24)26(32)20-9-7-19(8-10-20)22-11-12-25(31)29-16-22/h2,4-5,7-12,14,16,23-24,28H,3,6,13,15H2,1H3,(H,29,31)(H,33,34)/t23?,24-/m0/s1. The van der Waals surface area contributed by atoms with Gasteiger partial charge < -0.3 is 20.4 Å². The number of carbonyl (C=O) groups excluding carboxylic acids is 1. The first-order valence-corrected chi connectivity index (χ1v) is 11.3. The monoisotopic (exact) mass is 457 g/mol. The van der Waals surface area contributed by atoms with Crippen molar-refractivity contribution in [2.45, 2.75) is 32.2 Å². The quantitative estimate of drug-likeness (QED) is 0.466. The predicted molar refractivity (Wildman–Crippen MR) is 130 cm³/mol. The van der Waals surface area contributed by atoms with Gasteiger partial charge in [-0.2, -0.15) is 0 Å². The van der Waals surface area contributed by atoms with E-state index in [9.17, 15) is 19.5 Å². The summed E-state index contributed by atoms with van der Waals surface area (Å²) in [6.07, 6.45) is 3.33. The van der Waals surface area contributed by atoms with Crippen molar-refractivity contribution >= 4 is 17.6 Å². The van der Waals surface area contributed by atoms with E-state index in [0.717, 1.165) is 28.7 Å². The molecule has 0 bridgehead atoms. The van der Waals surface area contributed by atoms with E-state index in [1.807, 2.05) is 36.4 Å². The van der Waals surface area contributed by atoms with E-state index >= 15 is 0 Å². The lowest BCUT2D eigenvalue weighted by Crippen LogP contribution is -2.43. The van der Waals surface area contributed by atoms with Crippen molar-refractivity contribution in [3.63, 3.8) is 0 Å². The molecule has 1 aliphatic rings. The van der Waals surface area contributed by atoms with Gasteiger partial charge in [0.1, 0.15) is 0 Å². The molecule has 1 unspecified atom stereocenters. The van der Waals surface area contributed by atoms with E-state index in [-0.39, 0.29) is 11.5 Å². The SMILES string of the molecule is CC(=N)c1cccc(CC(C(=O)O)[C@@H]2CCCN2C(=O)c2ccc(-c3ccc(=O)[nH]c3)cc2)c1. The van der Waals surface area contributed by atoms with Crippen molar-refractivity contribution in [3.8, 4) is 11.1 Å². The van der Waals surface area contributed by atoms with Crippen molar-refractivity contribution in [2.24, 2.45) is 5.92 Å². The molecule has 0 aliphatic carbocycles. The van der Waals surface area contributed by atoms with Gasteiger partial charge in [-0.25, -0.2) is 0 Å². The molecule has 0 spiro atoms. The van der Waals surface area contributed by atoms with Crippen LogP contribution in [-0.4, -0.2) is 45.2 Å². The van der Waals surface area contributed by atoms with Crippen LogP contribution in [0.25, 0.3) is 11.1 Å². The second kappa shape index (κ2) is 9.87. The smallest absolute Gasteiger partial charge is 0.308 e. The van der Waals surface area contributed by atoms with Gasteiger partial charge in [-0.1, -0.05) is 30.3 Å². The molecule has 1 fully saturated rings. The lowest BCUT2D eigenvalue weighted by molar-refractivity contribution is -0.143. The number of H-pyrrole nitrogens is 1. The van der Waals surface area contributed by atoms with E-state index in [2.05, 4.69) is 4.98 Å². The fraction of sp³-hybridized carbons (Fsp3) is 0.259. The fourth-order valence-electron chi connectivity index (χ4n) is 4.60. The van der Waals surface area contributed by atoms with Gasteiger partial charge in [-0.15, -0.1) is 0 Å². The number of hydrogen-bond acceptors (Lipinski definition) is 4. The molecule has 3 N–H and O–H groups in total. The highest BCUT2D eigenvalue weighted by molar-refractivity contribution is 5.96. The Hall–Kier alpha value is -4.00. The van der Waals surface area contributed by atoms with Crippen LogP contribution in [0, 0.1) is 11.3 Å². The Morgan fingerprint density at radius 3 is 2.47 bits per heavy atom. The molecule has 174 valence electrons. The first-order valence-electron chi connectivity index (χ1n) is 11.3. The van der Waals surface area contributed by atoms with Gasteiger partial charge in [0, 0.05) is 36.1 Å². The van der Waals surface area contributed by atoms with E-state index < -0.39 is 17.9 Å². The number of rotatable bonds is 7. The summed E-state index contributed by atoms with van der Waals surface area (Å²) in [7, 11) is 0. The lowest BCUT2D eigenvalue weighted by Gasteiger charge is -2.30. The number of carboxylic acids is 1. The third-order valence-electron chi connectivity index (χ3n) is 6.41. The molecule has 2 atom stereocenters. The number of pyridine rings is 1. The molecular weight excluding hydrogens is 430 g/mol. The van der Waals surface area contributed by atoms with Gasteiger partial charge in [-0.3, -0.25) is 14.4 Å². The van der Waals surface area contributed by atoms with Gasteiger partial charge in [0.2, 0.25) is 5.56 Å². The number of likely N-dealkylation sites (tertiary alicyclic amines) is 1. The zero-order valence-corrected chi connectivity index (χ0v) is 19.0. The summed E-state index contributed by atoms with van der Waals surface area (Å²) < 4.78 is 0. The molecule has 34 heavy (non-hydrogen) atoms. The largest absolute Gasteiger partial charge is 0.481 e. The van der Waals surface area contributed by atoms with Crippen molar-refractivity contribution in [3.05, 3.63) is 93.9 Å². The number of nitrogens with one attached hydrogen (secondary N) is 2. The highest BCUT2D eigenvalue weighted by Crippen LogP contribution is 2.29. The number of aromatic nitrogens is 1. The number of carboxylic acid groups (broad SMARTS) is 1. The molecular formula is C27H27N3O4. The zero-order valence-electron chi connectivity index (χ0n) is 19.0. The van der Waals surface area contributed by atoms with Crippen LogP contribution in [0.2, 0.25) is 0 Å². The summed E-state index contributed by atoms with van der Waals surface area (Å²) >= 11 is 0. The minimum absolute atomic E-state index is 0.175. The molecule has 1 amide bonds. The minimum atomic E-state index is -0.921. The molecule has 1 saturated heterocycles. The number of carbonyl (C=O) groups is 2. The summed E-state index contributed by atoms with van der Waals surface area (Å²) in [5.41, 5.74) is 4.08. The van der Waals surface area contributed by atoms with Crippen molar-refractivity contribution in [1.82, 2.24) is 9.88 Å². The second-order valence-corrected chi connectivity index (χ2v) is 8.70. The average Bonchev–Trinajstić information content (AvgIpc) is 3.32. The number of benzene rings is 2. The van der Waals surface area contributed by atoms with Crippen molar-refractivity contribution in [1.29, 1.82) is 5.41 Å². The molecule has 2 aromatic carbocycles. The molecule has 3 aromatic rings. The van der Waals surface area contributed by atoms with Crippen LogP contribution < -0.4 is 5.56 Å². The Balaban J connectivity index is 1.54. The number of amides is 1. The van der Waals surface area contributed by atoms with Crippen molar-refractivity contribution < 1.29 is 14.7 Å². The van der Waals surface area contributed by atoms with Crippen LogP contribution >= 0.6 is 0 Å². The maximum absolute atomic E-state index is 13.3. The second-order valence-electron chi connectivity index (χ2n) is 8.70. The molecule has 1 aliphatic heterocycles. The summed E-state index contributed by atoms with van der Waals surface area (Å²) in [4.78, 5) is 41.2. The Morgan fingerprint density at radius 2 is 1.82 bits per heavy atom. The third kappa shape index (κ3) is 4.98. The molecule has 7 nitrogen and oxygen atoms in total. The molecule has 7 heteroatoms. The Kier molecular flexibility index (Phi) is 6.72. The first kappa shape index (κ1) is 23.2. The van der Waals surface area contributed by atoms with Gasteiger partial charge >= 0.3 is 5.97 Å². The molecule has 4 rings (SSSR count).